The predicted octanol–water partition coefficient (Wildman–Crippen LogP) is 15.0. The molecule has 1 aromatic heterocycles. The Bertz CT molecular complexity index is 2690. The van der Waals surface area contributed by atoms with Gasteiger partial charge in [-0.05, 0) is 115 Å². The van der Waals surface area contributed by atoms with Crippen LogP contribution in [-0.4, -0.2) is 4.57 Å². The van der Waals surface area contributed by atoms with Crippen LogP contribution in [0.2, 0.25) is 0 Å². The van der Waals surface area contributed by atoms with Crippen LogP contribution < -0.4 is 9.80 Å². The molecule has 0 amide bonds. The van der Waals surface area contributed by atoms with Gasteiger partial charge in [-0.3, -0.25) is 0 Å². The van der Waals surface area contributed by atoms with E-state index in [1.54, 1.807) is 0 Å². The van der Waals surface area contributed by atoms with E-state index in [9.17, 15) is 0 Å². The predicted molar refractivity (Wildman–Crippen MR) is 240 cm³/mol. The number of nitrogens with zero attached hydrogens (tertiary/aromatic N) is 3. The van der Waals surface area contributed by atoms with Crippen molar-refractivity contribution in [2.45, 2.75) is 37.5 Å². The molecule has 1 saturated carbocycles. The van der Waals surface area contributed by atoms with Crippen molar-refractivity contribution in [1.29, 1.82) is 0 Å². The molecular weight excluding hydrogens is 691 g/mol. The first-order valence-corrected chi connectivity index (χ1v) is 20.3. The first kappa shape index (κ1) is 34.6. The Morgan fingerprint density at radius 1 is 0.333 bits per heavy atom. The van der Waals surface area contributed by atoms with Crippen LogP contribution >= 0.6 is 0 Å². The van der Waals surface area contributed by atoms with Crippen LogP contribution in [-0.2, 0) is 5.41 Å². The molecule has 0 bridgehead atoms. The molecule has 1 aliphatic carbocycles. The third-order valence-corrected chi connectivity index (χ3v) is 12.0. The quantitative estimate of drug-likeness (QED) is 0.146. The van der Waals surface area contributed by atoms with Gasteiger partial charge in [-0.2, -0.15) is 0 Å². The first-order valence-electron chi connectivity index (χ1n) is 20.3. The van der Waals surface area contributed by atoms with Gasteiger partial charge in [0.2, 0.25) is 0 Å². The van der Waals surface area contributed by atoms with Gasteiger partial charge in [-0.1, -0.05) is 141 Å². The summed E-state index contributed by atoms with van der Waals surface area (Å²) in [7, 11) is 0. The first-order chi connectivity index (χ1) is 28.3. The van der Waals surface area contributed by atoms with Crippen molar-refractivity contribution in [3.05, 3.63) is 223 Å². The van der Waals surface area contributed by atoms with Crippen LogP contribution in [0.25, 0.3) is 27.5 Å². The Balaban J connectivity index is 1.05. The van der Waals surface area contributed by atoms with Crippen LogP contribution in [0.4, 0.5) is 34.1 Å². The van der Waals surface area contributed by atoms with Crippen molar-refractivity contribution >= 4 is 55.9 Å². The molecule has 0 spiro atoms. The Morgan fingerprint density at radius 2 is 0.737 bits per heavy atom. The number of rotatable bonds is 9. The third kappa shape index (κ3) is 6.36. The van der Waals surface area contributed by atoms with E-state index in [-0.39, 0.29) is 5.41 Å². The minimum atomic E-state index is -0.0350. The highest BCUT2D eigenvalue weighted by Crippen LogP contribution is 2.47. The monoisotopic (exact) mass is 735 g/mol. The molecule has 3 nitrogen and oxygen atoms in total. The van der Waals surface area contributed by atoms with Gasteiger partial charge in [0.25, 0.3) is 0 Å². The molecule has 0 atom stereocenters. The van der Waals surface area contributed by atoms with Crippen molar-refractivity contribution in [2.24, 2.45) is 0 Å². The second-order valence-corrected chi connectivity index (χ2v) is 15.3. The number of hydrogen-bond acceptors (Lipinski definition) is 2. The van der Waals surface area contributed by atoms with E-state index in [0.29, 0.717) is 0 Å². The van der Waals surface area contributed by atoms with Crippen molar-refractivity contribution in [3.63, 3.8) is 0 Å². The van der Waals surface area contributed by atoms with Gasteiger partial charge in [-0.25, -0.2) is 0 Å². The summed E-state index contributed by atoms with van der Waals surface area (Å²) >= 11 is 0. The highest BCUT2D eigenvalue weighted by Gasteiger charge is 2.36. The standard InChI is InChI=1S/C54H45N3/c1-6-18-43(19-7-1)55(44-20-8-2-9-21-44)47-32-28-41(29-33-47)54(38-16-5-17-39-54)42-30-34-48(35-31-42)56(45-22-10-3-11-23-45)49-36-37-51-50-26-14-15-27-52(50)57(53(51)40-49)46-24-12-4-13-25-46/h1-4,6-15,18-37,40H,5,16-17,38-39H2. The fourth-order valence-corrected chi connectivity index (χ4v) is 9.34. The maximum absolute atomic E-state index is 2.41. The fraction of sp³-hybridized carbons (Fsp3) is 0.111. The number of para-hydroxylation sites is 5. The molecule has 10 rings (SSSR count). The average molecular weight is 736 g/mol. The summed E-state index contributed by atoms with van der Waals surface area (Å²) in [6.45, 7) is 0. The molecule has 8 aromatic carbocycles. The maximum atomic E-state index is 2.41. The topological polar surface area (TPSA) is 11.4 Å². The Kier molecular flexibility index (Phi) is 9.12. The zero-order valence-electron chi connectivity index (χ0n) is 32.1. The van der Waals surface area contributed by atoms with Crippen molar-refractivity contribution < 1.29 is 0 Å². The summed E-state index contributed by atoms with van der Waals surface area (Å²) in [5.74, 6) is 0. The Morgan fingerprint density at radius 3 is 1.26 bits per heavy atom. The molecule has 9 aromatic rings. The van der Waals surface area contributed by atoms with Gasteiger partial charge in [0.1, 0.15) is 0 Å². The molecule has 276 valence electrons. The van der Waals surface area contributed by atoms with E-state index in [2.05, 4.69) is 227 Å². The SMILES string of the molecule is c1ccc(N(c2ccccc2)c2ccc(C3(c4ccc(N(c5ccccc5)c5ccc6c7ccccc7n(-c7ccccc7)c6c5)cc4)CCCCC3)cc2)cc1. The van der Waals surface area contributed by atoms with Gasteiger partial charge in [-0.15, -0.1) is 0 Å². The highest BCUT2D eigenvalue weighted by atomic mass is 15.1. The van der Waals surface area contributed by atoms with Crippen LogP contribution in [0.1, 0.15) is 43.2 Å². The fourth-order valence-electron chi connectivity index (χ4n) is 9.34. The molecular formula is C54H45N3. The lowest BCUT2D eigenvalue weighted by Crippen LogP contribution is -2.30. The maximum Gasteiger partial charge on any atom is 0.0561 e. The van der Waals surface area contributed by atoms with Gasteiger partial charge < -0.3 is 14.4 Å². The third-order valence-electron chi connectivity index (χ3n) is 12.0. The van der Waals surface area contributed by atoms with Gasteiger partial charge >= 0.3 is 0 Å². The summed E-state index contributed by atoms with van der Waals surface area (Å²) in [5, 5.41) is 2.51. The molecule has 0 saturated heterocycles. The molecule has 0 N–H and O–H groups in total. The minimum Gasteiger partial charge on any atom is -0.311 e. The highest BCUT2D eigenvalue weighted by molar-refractivity contribution is 6.10. The largest absolute Gasteiger partial charge is 0.311 e. The van der Waals surface area contributed by atoms with Crippen LogP contribution in [0, 0.1) is 0 Å². The van der Waals surface area contributed by atoms with E-state index < -0.39 is 0 Å². The molecule has 0 unspecified atom stereocenters. The van der Waals surface area contributed by atoms with E-state index in [4.69, 9.17) is 0 Å². The number of benzene rings is 8. The van der Waals surface area contributed by atoms with E-state index in [0.717, 1.165) is 47.0 Å². The molecule has 0 radical (unpaired) electrons. The van der Waals surface area contributed by atoms with E-state index in [1.165, 1.54) is 57.9 Å². The van der Waals surface area contributed by atoms with E-state index >= 15 is 0 Å². The summed E-state index contributed by atoms with van der Waals surface area (Å²) in [6.07, 6.45) is 6.05. The van der Waals surface area contributed by atoms with Gasteiger partial charge in [0.15, 0.2) is 0 Å². The molecule has 0 aliphatic heterocycles. The van der Waals surface area contributed by atoms with Crippen LogP contribution in [0.15, 0.2) is 212 Å². The van der Waals surface area contributed by atoms with Crippen molar-refractivity contribution in [3.8, 4) is 5.69 Å². The van der Waals surface area contributed by atoms with Gasteiger partial charge in [0, 0.05) is 56.0 Å². The summed E-state index contributed by atoms with van der Waals surface area (Å²) in [4.78, 5) is 4.75. The zero-order valence-corrected chi connectivity index (χ0v) is 32.1. The lowest BCUT2D eigenvalue weighted by molar-refractivity contribution is 0.346. The molecule has 1 aliphatic rings. The van der Waals surface area contributed by atoms with Crippen LogP contribution in [0.3, 0.4) is 0 Å². The van der Waals surface area contributed by atoms with Crippen molar-refractivity contribution in [2.75, 3.05) is 9.80 Å². The summed E-state index contributed by atoms with van der Waals surface area (Å²) in [6, 6.07) is 77.5. The number of anilines is 6. The Hall–Kier alpha value is -6.84. The second-order valence-electron chi connectivity index (χ2n) is 15.3. The Labute approximate surface area is 335 Å². The number of fused-ring (bicyclic) bond motifs is 3. The molecule has 1 fully saturated rings. The summed E-state index contributed by atoms with van der Waals surface area (Å²) < 4.78 is 2.40. The van der Waals surface area contributed by atoms with Gasteiger partial charge in [0.05, 0.1) is 11.0 Å². The van der Waals surface area contributed by atoms with Crippen LogP contribution in [0.5, 0.6) is 0 Å². The lowest BCUT2D eigenvalue weighted by Gasteiger charge is -2.39. The average Bonchev–Trinajstić information content (AvgIpc) is 3.62. The lowest BCUT2D eigenvalue weighted by atomic mass is 9.65. The minimum absolute atomic E-state index is 0.0350. The molecule has 1 heterocycles. The molecule has 57 heavy (non-hydrogen) atoms. The zero-order chi connectivity index (χ0) is 38.0. The number of hydrogen-bond donors (Lipinski definition) is 0. The smallest absolute Gasteiger partial charge is 0.0561 e. The van der Waals surface area contributed by atoms with Crippen molar-refractivity contribution in [1.82, 2.24) is 4.57 Å². The normalized spacial score (nSPS) is 13.8. The molecule has 3 heteroatoms. The van der Waals surface area contributed by atoms with E-state index in [1.807, 2.05) is 0 Å². The second kappa shape index (κ2) is 15.0. The number of aromatic nitrogens is 1. The summed E-state index contributed by atoms with van der Waals surface area (Å²) in [5.41, 5.74) is 13.2.